The van der Waals surface area contributed by atoms with Crippen LogP contribution in [0.5, 0.6) is 0 Å². The van der Waals surface area contributed by atoms with Gasteiger partial charge in [0.15, 0.2) is 0 Å². The van der Waals surface area contributed by atoms with E-state index in [1.54, 1.807) is 19.2 Å². The van der Waals surface area contributed by atoms with Gasteiger partial charge in [-0.2, -0.15) is 5.26 Å². The van der Waals surface area contributed by atoms with Crippen molar-refractivity contribution in [2.45, 2.75) is 31.5 Å². The topological polar surface area (TPSA) is 71.5 Å². The van der Waals surface area contributed by atoms with Crippen LogP contribution in [-0.4, -0.2) is 37.4 Å². The summed E-state index contributed by atoms with van der Waals surface area (Å²) in [7, 11) is 1.62. The minimum atomic E-state index is -0.853. The average Bonchev–Trinajstić information content (AvgIpc) is 2.62. The molecular weight excluding hydrogens is 321 g/mol. The van der Waals surface area contributed by atoms with Gasteiger partial charge in [0, 0.05) is 38.5 Å². The molecule has 3 atom stereocenters. The molecule has 0 saturated carbocycles. The summed E-state index contributed by atoms with van der Waals surface area (Å²) in [6.07, 6.45) is 1.73. The molecule has 1 saturated heterocycles. The highest BCUT2D eigenvalue weighted by Crippen LogP contribution is 2.49. The maximum atomic E-state index is 13.4. The third-order valence-corrected chi connectivity index (χ3v) is 5.29. The standard InChI is InChI=1S/C19H24FN3O2/c1-3-9-23-10-8-19(24-2)16(12-23)17(15(11-21)18(22)25-19)13-4-6-14(20)7-5-13/h4-7,16-17H,3,8-10,12,22H2,1-2H3/t16-,17+,19+/m0/s1. The summed E-state index contributed by atoms with van der Waals surface area (Å²) in [6, 6.07) is 8.46. The van der Waals surface area contributed by atoms with E-state index in [0.29, 0.717) is 12.0 Å². The Kier molecular flexibility index (Phi) is 4.98. The zero-order chi connectivity index (χ0) is 18.0. The van der Waals surface area contributed by atoms with E-state index in [9.17, 15) is 9.65 Å². The minimum Gasteiger partial charge on any atom is -0.446 e. The number of rotatable bonds is 4. The minimum absolute atomic E-state index is 0.0924. The van der Waals surface area contributed by atoms with Crippen LogP contribution in [0, 0.1) is 23.1 Å². The molecule has 0 unspecified atom stereocenters. The van der Waals surface area contributed by atoms with Crippen molar-refractivity contribution in [1.29, 1.82) is 5.26 Å². The lowest BCUT2D eigenvalue weighted by atomic mass is 9.72. The Morgan fingerprint density at radius 1 is 1.44 bits per heavy atom. The van der Waals surface area contributed by atoms with Gasteiger partial charge in [0.2, 0.25) is 11.7 Å². The molecule has 1 aromatic rings. The second-order valence-electron chi connectivity index (χ2n) is 6.69. The van der Waals surface area contributed by atoms with Gasteiger partial charge in [0.05, 0.1) is 5.57 Å². The number of ether oxygens (including phenoxy) is 2. The van der Waals surface area contributed by atoms with Gasteiger partial charge in [-0.15, -0.1) is 0 Å². The highest BCUT2D eigenvalue weighted by molar-refractivity contribution is 5.41. The number of hydrogen-bond donors (Lipinski definition) is 1. The number of methoxy groups -OCH3 is 1. The van der Waals surface area contributed by atoms with E-state index in [2.05, 4.69) is 17.9 Å². The first kappa shape index (κ1) is 17.7. The molecule has 25 heavy (non-hydrogen) atoms. The summed E-state index contributed by atoms with van der Waals surface area (Å²) in [5, 5.41) is 9.67. The van der Waals surface area contributed by atoms with Crippen molar-refractivity contribution in [3.05, 3.63) is 47.1 Å². The Balaban J connectivity index is 2.07. The van der Waals surface area contributed by atoms with Gasteiger partial charge < -0.3 is 20.1 Å². The molecule has 1 aromatic carbocycles. The molecule has 2 aliphatic rings. The molecule has 3 rings (SSSR count). The highest BCUT2D eigenvalue weighted by atomic mass is 19.1. The Bertz CT molecular complexity index is 698. The number of halogens is 1. The Morgan fingerprint density at radius 3 is 2.76 bits per heavy atom. The van der Waals surface area contributed by atoms with E-state index in [1.165, 1.54) is 12.1 Å². The first-order valence-electron chi connectivity index (χ1n) is 8.66. The number of benzene rings is 1. The lowest BCUT2D eigenvalue weighted by molar-refractivity contribution is -0.266. The van der Waals surface area contributed by atoms with Crippen LogP contribution in [0.2, 0.25) is 0 Å². The number of nitrogens with two attached hydrogens (primary N) is 1. The van der Waals surface area contributed by atoms with Crippen molar-refractivity contribution in [3.63, 3.8) is 0 Å². The lowest BCUT2D eigenvalue weighted by Crippen LogP contribution is -2.59. The predicted molar refractivity (Wildman–Crippen MR) is 91.6 cm³/mol. The van der Waals surface area contributed by atoms with E-state index >= 15 is 0 Å². The highest BCUT2D eigenvalue weighted by Gasteiger charge is 2.54. The molecule has 6 heteroatoms. The summed E-state index contributed by atoms with van der Waals surface area (Å²) >= 11 is 0. The van der Waals surface area contributed by atoms with Gasteiger partial charge >= 0.3 is 0 Å². The summed E-state index contributed by atoms with van der Waals surface area (Å²) in [5.74, 6) is -1.42. The molecule has 0 spiro atoms. The monoisotopic (exact) mass is 345 g/mol. The van der Waals surface area contributed by atoms with Gasteiger partial charge in [0.1, 0.15) is 11.9 Å². The van der Waals surface area contributed by atoms with Crippen LogP contribution < -0.4 is 5.73 Å². The van der Waals surface area contributed by atoms with Crippen LogP contribution in [0.15, 0.2) is 35.7 Å². The molecule has 5 nitrogen and oxygen atoms in total. The fourth-order valence-corrected chi connectivity index (χ4v) is 4.10. The van der Waals surface area contributed by atoms with Gasteiger partial charge in [-0.3, -0.25) is 0 Å². The van der Waals surface area contributed by atoms with E-state index in [-0.39, 0.29) is 23.5 Å². The van der Waals surface area contributed by atoms with Crippen LogP contribution in [0.25, 0.3) is 0 Å². The molecule has 0 aliphatic carbocycles. The maximum Gasteiger partial charge on any atom is 0.218 e. The number of nitrogens with zero attached hydrogens (tertiary/aromatic N) is 2. The number of likely N-dealkylation sites (tertiary alicyclic amines) is 1. The maximum absolute atomic E-state index is 13.4. The summed E-state index contributed by atoms with van der Waals surface area (Å²) in [4.78, 5) is 2.36. The van der Waals surface area contributed by atoms with Crippen LogP contribution in [0.3, 0.4) is 0 Å². The number of nitriles is 1. The van der Waals surface area contributed by atoms with Crippen LogP contribution in [-0.2, 0) is 9.47 Å². The zero-order valence-electron chi connectivity index (χ0n) is 14.7. The Morgan fingerprint density at radius 2 is 2.16 bits per heavy atom. The molecule has 0 bridgehead atoms. The van der Waals surface area contributed by atoms with E-state index < -0.39 is 5.79 Å². The molecule has 134 valence electrons. The lowest BCUT2D eigenvalue weighted by Gasteiger charge is -2.51. The molecule has 0 amide bonds. The number of allylic oxidation sites excluding steroid dienone is 1. The van der Waals surface area contributed by atoms with Crippen LogP contribution in [0.4, 0.5) is 4.39 Å². The van der Waals surface area contributed by atoms with Crippen molar-refractivity contribution >= 4 is 0 Å². The SMILES string of the molecule is CCCN1CC[C@@]2(OC)OC(N)=C(C#N)[C@@H](c3ccc(F)cc3)[C@@H]2C1. The molecule has 2 heterocycles. The molecule has 0 radical (unpaired) electrons. The van der Waals surface area contributed by atoms with Crippen molar-refractivity contribution in [2.75, 3.05) is 26.7 Å². The molecular formula is C19H24FN3O2. The summed E-state index contributed by atoms with van der Waals surface area (Å²) in [5.41, 5.74) is 7.32. The van der Waals surface area contributed by atoms with Gasteiger partial charge in [0.25, 0.3) is 0 Å². The summed E-state index contributed by atoms with van der Waals surface area (Å²) < 4.78 is 25.1. The first-order chi connectivity index (χ1) is 12.0. The van der Waals surface area contributed by atoms with Crippen molar-refractivity contribution in [3.8, 4) is 6.07 Å². The first-order valence-corrected chi connectivity index (χ1v) is 8.66. The number of fused-ring (bicyclic) bond motifs is 1. The third kappa shape index (κ3) is 3.10. The van der Waals surface area contributed by atoms with E-state index in [4.69, 9.17) is 15.2 Å². The molecule has 2 aliphatic heterocycles. The smallest absolute Gasteiger partial charge is 0.218 e. The van der Waals surface area contributed by atoms with Crippen molar-refractivity contribution in [1.82, 2.24) is 4.90 Å². The second kappa shape index (κ2) is 7.03. The largest absolute Gasteiger partial charge is 0.446 e. The van der Waals surface area contributed by atoms with Gasteiger partial charge in [-0.25, -0.2) is 4.39 Å². The quantitative estimate of drug-likeness (QED) is 0.908. The fraction of sp³-hybridized carbons (Fsp3) is 0.526. The Labute approximate surface area is 147 Å². The fourth-order valence-electron chi connectivity index (χ4n) is 4.10. The zero-order valence-corrected chi connectivity index (χ0v) is 14.7. The summed E-state index contributed by atoms with van der Waals surface area (Å²) in [6.45, 7) is 4.71. The van der Waals surface area contributed by atoms with E-state index in [1.807, 2.05) is 0 Å². The molecule has 1 fully saturated rings. The Hall–Kier alpha value is -2.10. The van der Waals surface area contributed by atoms with Crippen molar-refractivity contribution in [2.24, 2.45) is 11.7 Å². The van der Waals surface area contributed by atoms with Gasteiger partial charge in [-0.1, -0.05) is 19.1 Å². The second-order valence-corrected chi connectivity index (χ2v) is 6.69. The third-order valence-electron chi connectivity index (χ3n) is 5.29. The number of piperidine rings is 1. The van der Waals surface area contributed by atoms with Gasteiger partial charge in [-0.05, 0) is 30.7 Å². The number of hydrogen-bond acceptors (Lipinski definition) is 5. The van der Waals surface area contributed by atoms with Crippen LogP contribution >= 0.6 is 0 Å². The predicted octanol–water partition coefficient (Wildman–Crippen LogP) is 2.71. The van der Waals surface area contributed by atoms with Crippen molar-refractivity contribution < 1.29 is 13.9 Å². The van der Waals surface area contributed by atoms with Crippen LogP contribution in [0.1, 0.15) is 31.2 Å². The normalized spacial score (nSPS) is 29.7. The average molecular weight is 345 g/mol. The molecule has 0 aromatic heterocycles. The molecule has 2 N–H and O–H groups in total. The van der Waals surface area contributed by atoms with E-state index in [0.717, 1.165) is 31.6 Å².